The number of esters is 1. The first-order chi connectivity index (χ1) is 27.3. The Kier molecular flexibility index (Phi) is 12.2. The minimum Gasteiger partial charge on any atom is -0.465 e. The molecule has 0 spiro atoms. The van der Waals surface area contributed by atoms with Crippen LogP contribution in [0.15, 0.2) is 41.9 Å². The lowest BCUT2D eigenvalue weighted by Crippen LogP contribution is -2.56. The molecule has 304 valence electrons. The zero-order chi connectivity index (χ0) is 40.6. The molecule has 0 saturated carbocycles. The van der Waals surface area contributed by atoms with Crippen LogP contribution in [0.2, 0.25) is 0 Å². The van der Waals surface area contributed by atoms with Crippen molar-refractivity contribution < 1.29 is 23.9 Å². The Morgan fingerprint density at radius 1 is 1.19 bits per heavy atom. The summed E-state index contributed by atoms with van der Waals surface area (Å²) in [6.45, 7) is 15.1. The van der Waals surface area contributed by atoms with Crippen LogP contribution in [0.4, 0.5) is 0 Å². The fourth-order valence-electron chi connectivity index (χ4n) is 8.66. The van der Waals surface area contributed by atoms with Gasteiger partial charge in [-0.2, -0.15) is 0 Å². The number of hydrazine groups is 1. The molecule has 6 bridgehead atoms. The lowest BCUT2D eigenvalue weighted by atomic mass is 9.84. The number of aryl methyl sites for hydroxylation is 1. The standard InChI is InChI=1S/C43H55N7O5S2/c1-8-49-35-14-13-26-17-29(35)30(38(49)27-11-9-15-45-37(27)25(4)54-7)19-43(5,6)23-55-42(53)28-12-10-16-50(48-40(28)56)41(52)33(18-36-46-34(26)22-57-36)47-39(51)32-21-44-20-31(32)24(2)3/h9,11,13-15,17,22,24-25,28,31-33,44H,8,10,12,16,18-21,23H2,1-7H3,(H,47,51)(H,48,56)/t25-,28+,31-,32+,33?/m0/s1. The number of carbonyl (C=O) groups excluding carboxylic acids is 3. The quantitative estimate of drug-likeness (QED) is 0.145. The van der Waals surface area contributed by atoms with Crippen LogP contribution in [-0.4, -0.2) is 81.7 Å². The van der Waals surface area contributed by atoms with Crippen molar-refractivity contribution in [1.82, 2.24) is 35.6 Å². The fourth-order valence-corrected chi connectivity index (χ4v) is 9.83. The van der Waals surface area contributed by atoms with Gasteiger partial charge in [0.25, 0.3) is 5.91 Å². The van der Waals surface area contributed by atoms with Gasteiger partial charge >= 0.3 is 5.97 Å². The van der Waals surface area contributed by atoms with Gasteiger partial charge in [0.15, 0.2) is 0 Å². The summed E-state index contributed by atoms with van der Waals surface area (Å²) < 4.78 is 14.2. The molecule has 0 radical (unpaired) electrons. The number of benzene rings is 1. The highest BCUT2D eigenvalue weighted by molar-refractivity contribution is 7.80. The molecule has 5 atom stereocenters. The van der Waals surface area contributed by atoms with Crippen LogP contribution in [0.1, 0.15) is 76.8 Å². The number of fused-ring (bicyclic) bond motifs is 7. The van der Waals surface area contributed by atoms with Gasteiger partial charge in [-0.3, -0.25) is 29.8 Å². The highest BCUT2D eigenvalue weighted by Gasteiger charge is 2.39. The van der Waals surface area contributed by atoms with E-state index in [0.717, 1.165) is 62.8 Å². The van der Waals surface area contributed by atoms with Crippen molar-refractivity contribution in [2.75, 3.05) is 33.4 Å². The molecule has 3 N–H and O–H groups in total. The van der Waals surface area contributed by atoms with Crippen LogP contribution < -0.4 is 16.1 Å². The zero-order valence-corrected chi connectivity index (χ0v) is 35.6. The summed E-state index contributed by atoms with van der Waals surface area (Å²) in [7, 11) is 1.70. The topological polar surface area (TPSA) is 140 Å². The number of methoxy groups -OCH3 is 1. The summed E-state index contributed by atoms with van der Waals surface area (Å²) in [5.74, 6) is -1.40. The SMILES string of the molecule is CCn1c(-c2cccnc2[C@H](C)OC)c2c3cc(ccc31)-c1csc(n1)CC(NC(=O)[C@@H]1CNC[C@H]1C(C)C)C(=O)N1CCC[C@@H](C(=O)OCC(C)(C)C2)C(=S)N1. The van der Waals surface area contributed by atoms with Crippen LogP contribution in [0.3, 0.4) is 0 Å². The molecule has 2 fully saturated rings. The van der Waals surface area contributed by atoms with E-state index in [1.54, 1.807) is 13.3 Å². The second-order valence-electron chi connectivity index (χ2n) is 16.8. The minimum absolute atomic E-state index is 0.153. The zero-order valence-electron chi connectivity index (χ0n) is 34.0. The van der Waals surface area contributed by atoms with Gasteiger partial charge < -0.3 is 24.7 Å². The van der Waals surface area contributed by atoms with Crippen LogP contribution in [0.25, 0.3) is 33.4 Å². The van der Waals surface area contributed by atoms with Gasteiger partial charge in [-0.15, -0.1) is 11.3 Å². The number of thiazole rings is 1. The van der Waals surface area contributed by atoms with E-state index in [4.69, 9.17) is 31.7 Å². The Bertz CT molecular complexity index is 2160. The third kappa shape index (κ3) is 8.37. The largest absolute Gasteiger partial charge is 0.465 e. The number of carbonyl (C=O) groups is 3. The van der Waals surface area contributed by atoms with E-state index in [2.05, 4.69) is 79.5 Å². The first-order valence-corrected chi connectivity index (χ1v) is 21.5. The molecule has 7 rings (SSSR count). The second kappa shape index (κ2) is 16.9. The predicted octanol–water partition coefficient (Wildman–Crippen LogP) is 6.27. The van der Waals surface area contributed by atoms with Crippen molar-refractivity contribution in [3.8, 4) is 22.5 Å². The third-order valence-electron chi connectivity index (χ3n) is 11.9. The molecule has 3 aromatic heterocycles. The number of amides is 2. The highest BCUT2D eigenvalue weighted by atomic mass is 32.1. The van der Waals surface area contributed by atoms with Gasteiger partial charge in [0.05, 0.1) is 40.7 Å². The number of hydrogen-bond donors (Lipinski definition) is 3. The van der Waals surface area contributed by atoms with Gasteiger partial charge in [-0.1, -0.05) is 46.0 Å². The van der Waals surface area contributed by atoms with Gasteiger partial charge in [0, 0.05) is 72.2 Å². The predicted molar refractivity (Wildman–Crippen MR) is 226 cm³/mol. The van der Waals surface area contributed by atoms with Crippen molar-refractivity contribution in [3.05, 3.63) is 58.2 Å². The molecule has 14 heteroatoms. The Labute approximate surface area is 344 Å². The number of pyridine rings is 1. The summed E-state index contributed by atoms with van der Waals surface area (Å²) in [4.78, 5) is 52.3. The van der Waals surface area contributed by atoms with E-state index in [-0.39, 0.29) is 47.8 Å². The summed E-state index contributed by atoms with van der Waals surface area (Å²) in [5.41, 5.74) is 9.45. The number of aromatic nitrogens is 3. The Balaban J connectivity index is 1.34. The van der Waals surface area contributed by atoms with Gasteiger partial charge in [-0.05, 0) is 81.3 Å². The third-order valence-corrected chi connectivity index (χ3v) is 13.1. The molecule has 3 aliphatic heterocycles. The molecule has 1 unspecified atom stereocenters. The van der Waals surface area contributed by atoms with E-state index in [9.17, 15) is 14.4 Å². The molecule has 0 aliphatic carbocycles. The number of hydrogen-bond acceptors (Lipinski definition) is 10. The number of thiocarbonyl (C=S) groups is 1. The molecule has 2 saturated heterocycles. The average Bonchev–Trinajstić information content (AvgIpc) is 3.92. The summed E-state index contributed by atoms with van der Waals surface area (Å²) in [6, 6.07) is 9.62. The minimum atomic E-state index is -0.898. The molecule has 12 nitrogen and oxygen atoms in total. The van der Waals surface area contributed by atoms with E-state index in [1.807, 2.05) is 18.4 Å². The number of nitrogens with one attached hydrogen (secondary N) is 3. The normalized spacial score (nSPS) is 23.5. The van der Waals surface area contributed by atoms with E-state index < -0.39 is 23.3 Å². The lowest BCUT2D eigenvalue weighted by molar-refractivity contribution is -0.149. The van der Waals surface area contributed by atoms with Gasteiger partial charge in [-0.25, -0.2) is 4.98 Å². The second-order valence-corrected chi connectivity index (χ2v) is 18.2. The number of nitrogens with zero attached hydrogens (tertiary/aromatic N) is 4. The number of rotatable bonds is 7. The van der Waals surface area contributed by atoms with E-state index in [0.29, 0.717) is 38.3 Å². The smallest absolute Gasteiger partial charge is 0.315 e. The molecular weight excluding hydrogens is 759 g/mol. The highest BCUT2D eigenvalue weighted by Crippen LogP contribution is 2.42. The summed E-state index contributed by atoms with van der Waals surface area (Å²) in [5, 5.41) is 11.8. The molecule has 6 heterocycles. The van der Waals surface area contributed by atoms with Crippen LogP contribution in [0, 0.1) is 29.1 Å². The van der Waals surface area contributed by atoms with Crippen molar-refractivity contribution in [2.45, 2.75) is 85.9 Å². The molecule has 3 aliphatic rings. The van der Waals surface area contributed by atoms with Crippen LogP contribution >= 0.6 is 23.6 Å². The van der Waals surface area contributed by atoms with Crippen LogP contribution in [-0.2, 0) is 43.2 Å². The first kappa shape index (κ1) is 40.9. The Hall–Kier alpha value is -4.24. The first-order valence-electron chi connectivity index (χ1n) is 20.2. The average molecular weight is 814 g/mol. The lowest BCUT2D eigenvalue weighted by Gasteiger charge is -2.29. The molecule has 57 heavy (non-hydrogen) atoms. The van der Waals surface area contributed by atoms with Crippen molar-refractivity contribution in [3.63, 3.8) is 0 Å². The van der Waals surface area contributed by atoms with Crippen molar-refractivity contribution in [2.24, 2.45) is 29.1 Å². The number of ether oxygens (including phenoxy) is 2. The number of cyclic esters (lactones) is 1. The van der Waals surface area contributed by atoms with Gasteiger partial charge in [0.2, 0.25) is 5.91 Å². The van der Waals surface area contributed by atoms with E-state index >= 15 is 0 Å². The molecule has 1 aromatic carbocycles. The monoisotopic (exact) mass is 813 g/mol. The maximum atomic E-state index is 14.4. The van der Waals surface area contributed by atoms with Gasteiger partial charge in [0.1, 0.15) is 16.9 Å². The Morgan fingerprint density at radius 2 is 2.00 bits per heavy atom. The molecule has 4 aromatic rings. The summed E-state index contributed by atoms with van der Waals surface area (Å²) >= 11 is 7.26. The van der Waals surface area contributed by atoms with Crippen molar-refractivity contribution in [1.29, 1.82) is 0 Å². The van der Waals surface area contributed by atoms with Crippen molar-refractivity contribution >= 4 is 57.2 Å². The van der Waals surface area contributed by atoms with E-state index in [1.165, 1.54) is 16.3 Å². The maximum Gasteiger partial charge on any atom is 0.315 e. The summed E-state index contributed by atoms with van der Waals surface area (Å²) in [6.07, 6.45) is 3.33. The maximum absolute atomic E-state index is 14.4. The van der Waals surface area contributed by atoms with Crippen LogP contribution in [0.5, 0.6) is 0 Å². The Morgan fingerprint density at radius 3 is 2.75 bits per heavy atom. The fraction of sp³-hybridized carbons (Fsp3) is 0.535. The molecule has 2 amide bonds. The molecular formula is C43H55N7O5S2.